The van der Waals surface area contributed by atoms with E-state index in [1.54, 1.807) is 12.3 Å². The lowest BCUT2D eigenvalue weighted by Crippen LogP contribution is -2.41. The van der Waals surface area contributed by atoms with Gasteiger partial charge in [0, 0.05) is 12.2 Å². The Hall–Kier alpha value is -2.82. The van der Waals surface area contributed by atoms with Gasteiger partial charge in [-0.05, 0) is 61.6 Å². The second-order valence-corrected chi connectivity index (χ2v) is 7.32. The molecular weight excluding hydrogens is 352 g/mol. The number of anilines is 1. The lowest BCUT2D eigenvalue weighted by molar-refractivity contribution is -0.114. The topological polar surface area (TPSA) is 51.7 Å². The molecule has 28 heavy (non-hydrogen) atoms. The van der Waals surface area contributed by atoms with Crippen molar-refractivity contribution in [1.29, 1.82) is 0 Å². The molecule has 2 aromatic rings. The Morgan fingerprint density at radius 1 is 1.11 bits per heavy atom. The molecule has 0 N–H and O–H groups in total. The fourth-order valence-corrected chi connectivity index (χ4v) is 3.93. The first kappa shape index (κ1) is 18.5. The predicted octanol–water partition coefficient (Wildman–Crippen LogP) is 4.67. The Kier molecular flexibility index (Phi) is 5.90. The van der Waals surface area contributed by atoms with Gasteiger partial charge >= 0.3 is 0 Å². The van der Waals surface area contributed by atoms with E-state index in [9.17, 15) is 4.79 Å². The van der Waals surface area contributed by atoms with Crippen LogP contribution in [0.15, 0.2) is 54.7 Å². The van der Waals surface area contributed by atoms with E-state index in [1.807, 2.05) is 47.4 Å². The second kappa shape index (κ2) is 8.91. The van der Waals surface area contributed by atoms with E-state index in [0.29, 0.717) is 0 Å². The zero-order valence-corrected chi connectivity index (χ0v) is 16.0. The number of amides is 1. The summed E-state index contributed by atoms with van der Waals surface area (Å²) < 4.78 is 10.8. The number of allylic oxidation sites excluding steroid dienone is 1. The molecule has 2 heterocycles. The molecule has 4 rings (SSSR count). The Morgan fingerprint density at radius 3 is 2.79 bits per heavy atom. The second-order valence-electron chi connectivity index (χ2n) is 7.32. The number of benzene rings is 1. The summed E-state index contributed by atoms with van der Waals surface area (Å²) in [5.41, 5.74) is 1.18. The van der Waals surface area contributed by atoms with E-state index in [2.05, 4.69) is 4.98 Å². The van der Waals surface area contributed by atoms with Crippen LogP contribution in [-0.4, -0.2) is 23.7 Å². The molecule has 5 nitrogen and oxygen atoms in total. The third-order valence-electron chi connectivity index (χ3n) is 5.37. The summed E-state index contributed by atoms with van der Waals surface area (Å²) in [6.07, 6.45) is 12.8. The van der Waals surface area contributed by atoms with Gasteiger partial charge in [-0.15, -0.1) is 0 Å². The molecule has 1 fully saturated rings. The highest BCUT2D eigenvalue weighted by Gasteiger charge is 2.26. The number of rotatable bonds is 6. The van der Waals surface area contributed by atoms with E-state index in [1.165, 1.54) is 24.8 Å². The van der Waals surface area contributed by atoms with Crippen molar-refractivity contribution in [2.24, 2.45) is 0 Å². The first-order chi connectivity index (χ1) is 13.8. The predicted molar refractivity (Wildman–Crippen MR) is 109 cm³/mol. The monoisotopic (exact) mass is 378 g/mol. The average Bonchev–Trinajstić information content (AvgIpc) is 3.21. The molecular formula is C23H26N2O3. The van der Waals surface area contributed by atoms with Gasteiger partial charge in [-0.2, -0.15) is 0 Å². The van der Waals surface area contributed by atoms with Crippen molar-refractivity contribution in [1.82, 2.24) is 4.98 Å². The summed E-state index contributed by atoms with van der Waals surface area (Å²) >= 11 is 0. The summed E-state index contributed by atoms with van der Waals surface area (Å²) in [6.45, 7) is 0.289. The van der Waals surface area contributed by atoms with Gasteiger partial charge in [0.2, 0.25) is 6.79 Å². The van der Waals surface area contributed by atoms with E-state index in [0.717, 1.165) is 43.0 Å². The summed E-state index contributed by atoms with van der Waals surface area (Å²) in [5.74, 6) is 2.38. The molecule has 1 amide bonds. The molecule has 2 aliphatic rings. The maximum absolute atomic E-state index is 13.0. The minimum absolute atomic E-state index is 0.0243. The molecule has 0 saturated heterocycles. The van der Waals surface area contributed by atoms with Crippen LogP contribution in [-0.2, 0) is 11.2 Å². The van der Waals surface area contributed by atoms with Gasteiger partial charge in [-0.1, -0.05) is 37.5 Å². The Balaban J connectivity index is 1.39. The first-order valence-electron chi connectivity index (χ1n) is 10.1. The smallest absolute Gasteiger partial charge is 0.252 e. The maximum Gasteiger partial charge on any atom is 0.252 e. The molecule has 0 radical (unpaired) electrons. The summed E-state index contributed by atoms with van der Waals surface area (Å²) in [4.78, 5) is 19.3. The van der Waals surface area contributed by atoms with E-state index in [-0.39, 0.29) is 18.7 Å². The number of hydrogen-bond acceptors (Lipinski definition) is 4. The average molecular weight is 378 g/mol. The van der Waals surface area contributed by atoms with Crippen molar-refractivity contribution in [3.05, 3.63) is 60.3 Å². The van der Waals surface area contributed by atoms with Crippen LogP contribution < -0.4 is 14.4 Å². The number of aryl methyl sites for hydroxylation is 1. The van der Waals surface area contributed by atoms with Crippen LogP contribution in [0.3, 0.4) is 0 Å². The number of carbonyl (C=O) groups is 1. The summed E-state index contributed by atoms with van der Waals surface area (Å²) in [6, 6.07) is 12.0. The van der Waals surface area contributed by atoms with Crippen molar-refractivity contribution in [2.45, 2.75) is 51.0 Å². The van der Waals surface area contributed by atoms with Crippen LogP contribution in [0.1, 0.15) is 44.1 Å². The van der Waals surface area contributed by atoms with Gasteiger partial charge in [-0.3, -0.25) is 9.69 Å². The number of nitrogens with zero attached hydrogens (tertiary/aromatic N) is 2. The van der Waals surface area contributed by atoms with Gasteiger partial charge in [0.05, 0.1) is 0 Å². The Morgan fingerprint density at radius 2 is 1.96 bits per heavy atom. The SMILES string of the molecule is O=C(C=CCCc1ccc2c(c1)OCO2)N(c1ccccn1)C1CCCCC1. The highest BCUT2D eigenvalue weighted by molar-refractivity contribution is 6.01. The van der Waals surface area contributed by atoms with Gasteiger partial charge in [-0.25, -0.2) is 4.98 Å². The van der Waals surface area contributed by atoms with Crippen molar-refractivity contribution in [3.63, 3.8) is 0 Å². The van der Waals surface area contributed by atoms with E-state index >= 15 is 0 Å². The van der Waals surface area contributed by atoms with Crippen molar-refractivity contribution in [3.8, 4) is 11.5 Å². The van der Waals surface area contributed by atoms with Crippen LogP contribution in [0.2, 0.25) is 0 Å². The van der Waals surface area contributed by atoms with Gasteiger partial charge in [0.1, 0.15) is 5.82 Å². The molecule has 1 saturated carbocycles. The van der Waals surface area contributed by atoms with Gasteiger partial charge < -0.3 is 9.47 Å². The molecule has 0 bridgehead atoms. The van der Waals surface area contributed by atoms with Crippen LogP contribution in [0.25, 0.3) is 0 Å². The number of pyridine rings is 1. The Labute approximate surface area is 166 Å². The molecule has 1 aliphatic carbocycles. The minimum Gasteiger partial charge on any atom is -0.454 e. The van der Waals surface area contributed by atoms with E-state index in [4.69, 9.17) is 9.47 Å². The minimum atomic E-state index is 0.0243. The first-order valence-corrected chi connectivity index (χ1v) is 10.1. The van der Waals surface area contributed by atoms with Crippen LogP contribution in [0.4, 0.5) is 5.82 Å². The molecule has 1 aliphatic heterocycles. The molecule has 0 spiro atoms. The molecule has 0 atom stereocenters. The molecule has 1 aromatic heterocycles. The standard InChI is InChI=1S/C23H26N2O3/c26-23(12-5-4-8-18-13-14-20-21(16-18)28-17-27-20)25(19-9-2-1-3-10-19)22-11-6-7-15-24-22/h5-7,11-16,19H,1-4,8-10,17H2. The molecule has 0 unspecified atom stereocenters. The number of aromatic nitrogens is 1. The number of hydrogen-bond donors (Lipinski definition) is 0. The summed E-state index contributed by atoms with van der Waals surface area (Å²) in [5, 5.41) is 0. The normalized spacial score (nSPS) is 16.4. The van der Waals surface area contributed by atoms with Crippen LogP contribution in [0.5, 0.6) is 11.5 Å². The number of carbonyl (C=O) groups excluding carboxylic acids is 1. The number of ether oxygens (including phenoxy) is 2. The maximum atomic E-state index is 13.0. The van der Waals surface area contributed by atoms with Crippen molar-refractivity contribution < 1.29 is 14.3 Å². The third kappa shape index (κ3) is 4.35. The highest BCUT2D eigenvalue weighted by atomic mass is 16.7. The zero-order chi connectivity index (χ0) is 19.2. The largest absolute Gasteiger partial charge is 0.454 e. The van der Waals surface area contributed by atoms with Gasteiger partial charge in [0.15, 0.2) is 11.5 Å². The van der Waals surface area contributed by atoms with Crippen molar-refractivity contribution in [2.75, 3.05) is 11.7 Å². The summed E-state index contributed by atoms with van der Waals surface area (Å²) in [7, 11) is 0. The van der Waals surface area contributed by atoms with Crippen LogP contribution in [0, 0.1) is 0 Å². The molecule has 146 valence electrons. The third-order valence-corrected chi connectivity index (χ3v) is 5.37. The van der Waals surface area contributed by atoms with Crippen molar-refractivity contribution >= 4 is 11.7 Å². The molecule has 1 aromatic carbocycles. The fourth-order valence-electron chi connectivity index (χ4n) is 3.93. The van der Waals surface area contributed by atoms with Crippen LogP contribution >= 0.6 is 0 Å². The highest BCUT2D eigenvalue weighted by Crippen LogP contribution is 2.32. The number of fused-ring (bicyclic) bond motifs is 1. The Bertz CT molecular complexity index is 829. The fraction of sp³-hybridized carbons (Fsp3) is 0.391. The van der Waals surface area contributed by atoms with Gasteiger partial charge in [0.25, 0.3) is 5.91 Å². The lowest BCUT2D eigenvalue weighted by atomic mass is 9.94. The quantitative estimate of drug-likeness (QED) is 0.686. The van der Waals surface area contributed by atoms with E-state index < -0.39 is 0 Å². The lowest BCUT2D eigenvalue weighted by Gasteiger charge is -2.32. The zero-order valence-electron chi connectivity index (χ0n) is 16.0. The molecule has 5 heteroatoms.